The molecule has 1 rings (SSSR count). The van der Waals surface area contributed by atoms with Crippen LogP contribution in [0.1, 0.15) is 22.5 Å². The van der Waals surface area contributed by atoms with Crippen molar-refractivity contribution in [2.75, 3.05) is 0 Å². The van der Waals surface area contributed by atoms with Gasteiger partial charge in [0.05, 0.1) is 0 Å². The zero-order valence-electron chi connectivity index (χ0n) is 5.80. The van der Waals surface area contributed by atoms with Crippen LogP contribution in [0.2, 0.25) is 0 Å². The predicted molar refractivity (Wildman–Crippen MR) is 47.3 cm³/mol. The first-order valence-corrected chi connectivity index (χ1v) is 4.13. The molecule has 0 bridgehead atoms. The fourth-order valence-electron chi connectivity index (χ4n) is 0.735. The largest absolute Gasteiger partial charge is 0.298 e. The molecule has 12 heavy (non-hydrogen) atoms. The maximum absolute atomic E-state index is 12.2. The topological polar surface area (TPSA) is 30.0 Å². The summed E-state index contributed by atoms with van der Waals surface area (Å²) in [5.74, 6) is 0. The minimum atomic E-state index is -2.69. The Labute approximate surface area is 81.1 Å². The van der Waals surface area contributed by atoms with Gasteiger partial charge >= 0.3 is 0 Å². The Morgan fingerprint density at radius 2 is 2.17 bits per heavy atom. The molecule has 0 aliphatic carbocycles. The van der Waals surface area contributed by atoms with E-state index in [1.54, 1.807) is 0 Å². The number of halogens is 3. The molecule has 0 spiro atoms. The van der Waals surface area contributed by atoms with Gasteiger partial charge in [0.1, 0.15) is 9.39 Å². The van der Waals surface area contributed by atoms with Crippen LogP contribution >= 0.6 is 22.6 Å². The van der Waals surface area contributed by atoms with Gasteiger partial charge in [-0.15, -0.1) is 0 Å². The molecule has 0 saturated heterocycles. The van der Waals surface area contributed by atoms with E-state index in [9.17, 15) is 13.6 Å². The van der Waals surface area contributed by atoms with E-state index in [0.29, 0.717) is 9.99 Å². The zero-order chi connectivity index (χ0) is 9.14. The lowest BCUT2D eigenvalue weighted by Gasteiger charge is -2.01. The number of carbonyl (C=O) groups is 1. The van der Waals surface area contributed by atoms with E-state index < -0.39 is 12.1 Å². The number of nitrogens with zero attached hydrogens (tertiary/aromatic N) is 1. The maximum atomic E-state index is 12.2. The van der Waals surface area contributed by atoms with E-state index in [0.717, 1.165) is 0 Å². The van der Waals surface area contributed by atoms with E-state index >= 15 is 0 Å². The summed E-state index contributed by atoms with van der Waals surface area (Å²) >= 11 is 1.81. The number of rotatable bonds is 2. The van der Waals surface area contributed by atoms with Crippen molar-refractivity contribution >= 4 is 28.9 Å². The van der Waals surface area contributed by atoms with Gasteiger partial charge in [-0.2, -0.15) is 0 Å². The maximum Gasteiger partial charge on any atom is 0.281 e. The monoisotopic (exact) mass is 283 g/mol. The summed E-state index contributed by atoms with van der Waals surface area (Å²) in [5, 5.41) is 0. The fourth-order valence-corrected chi connectivity index (χ4v) is 1.17. The minimum absolute atomic E-state index is 0.0505. The molecular formula is C7H4F2INO. The Morgan fingerprint density at radius 3 is 2.67 bits per heavy atom. The molecule has 0 aromatic carbocycles. The molecule has 1 heterocycles. The number of aldehydes is 1. The molecule has 0 aliphatic heterocycles. The summed E-state index contributed by atoms with van der Waals surface area (Å²) in [6, 6.07) is 2.85. The molecule has 0 unspecified atom stereocenters. The lowest BCUT2D eigenvalue weighted by Crippen LogP contribution is -1.98. The SMILES string of the molecule is O=Cc1ccc(I)nc1C(F)F. The molecule has 5 heteroatoms. The van der Waals surface area contributed by atoms with E-state index in [1.807, 2.05) is 22.6 Å². The van der Waals surface area contributed by atoms with Crippen molar-refractivity contribution < 1.29 is 13.6 Å². The van der Waals surface area contributed by atoms with Gasteiger partial charge in [-0.3, -0.25) is 4.79 Å². The van der Waals surface area contributed by atoms with Crippen LogP contribution in [0.3, 0.4) is 0 Å². The van der Waals surface area contributed by atoms with Crippen LogP contribution in [0, 0.1) is 3.70 Å². The van der Waals surface area contributed by atoms with Gasteiger partial charge in [0.2, 0.25) is 0 Å². The van der Waals surface area contributed by atoms with E-state index in [2.05, 4.69) is 4.98 Å². The first-order valence-electron chi connectivity index (χ1n) is 3.05. The van der Waals surface area contributed by atoms with E-state index in [1.165, 1.54) is 12.1 Å². The van der Waals surface area contributed by atoms with Crippen molar-refractivity contribution in [3.05, 3.63) is 27.1 Å². The summed E-state index contributed by atoms with van der Waals surface area (Å²) in [4.78, 5) is 13.8. The molecule has 0 amide bonds. The van der Waals surface area contributed by atoms with Crippen LogP contribution in [0.25, 0.3) is 0 Å². The standard InChI is InChI=1S/C7H4F2INO/c8-7(9)6-4(3-12)1-2-5(10)11-6/h1-3,7H. The Bertz CT molecular complexity index is 303. The van der Waals surface area contributed by atoms with Gasteiger partial charge < -0.3 is 0 Å². The number of pyridine rings is 1. The van der Waals surface area contributed by atoms with Gasteiger partial charge in [0.25, 0.3) is 6.43 Å². The molecule has 1 aromatic heterocycles. The van der Waals surface area contributed by atoms with E-state index in [-0.39, 0.29) is 5.56 Å². The van der Waals surface area contributed by atoms with Crippen molar-refractivity contribution in [2.24, 2.45) is 0 Å². The molecule has 1 aromatic rings. The van der Waals surface area contributed by atoms with Crippen LogP contribution in [0.15, 0.2) is 12.1 Å². The quantitative estimate of drug-likeness (QED) is 0.474. The summed E-state index contributed by atoms with van der Waals surface area (Å²) in [6.07, 6.45) is -2.31. The molecule has 2 nitrogen and oxygen atoms in total. The number of aromatic nitrogens is 1. The van der Waals surface area contributed by atoms with Crippen LogP contribution in [0.5, 0.6) is 0 Å². The van der Waals surface area contributed by atoms with Crippen molar-refractivity contribution in [3.63, 3.8) is 0 Å². The highest BCUT2D eigenvalue weighted by atomic mass is 127. The normalized spacial score (nSPS) is 10.3. The lowest BCUT2D eigenvalue weighted by molar-refractivity contribution is 0.110. The average molecular weight is 283 g/mol. The second-order valence-corrected chi connectivity index (χ2v) is 3.13. The molecule has 0 atom stereocenters. The Morgan fingerprint density at radius 1 is 1.50 bits per heavy atom. The summed E-state index contributed by atoms with van der Waals surface area (Å²) < 4.78 is 24.8. The third kappa shape index (κ3) is 1.96. The van der Waals surface area contributed by atoms with Gasteiger partial charge in [-0.05, 0) is 34.7 Å². The Hall–Kier alpha value is -0.590. The molecule has 0 saturated carbocycles. The highest BCUT2D eigenvalue weighted by Crippen LogP contribution is 2.20. The Kier molecular flexibility index (Phi) is 3.07. The highest BCUT2D eigenvalue weighted by Gasteiger charge is 2.14. The summed E-state index contributed by atoms with van der Waals surface area (Å²) in [6.45, 7) is 0. The van der Waals surface area contributed by atoms with Crippen molar-refractivity contribution in [1.82, 2.24) is 4.98 Å². The van der Waals surface area contributed by atoms with Crippen LogP contribution in [-0.2, 0) is 0 Å². The first kappa shape index (κ1) is 9.50. The van der Waals surface area contributed by atoms with Gasteiger partial charge in [-0.1, -0.05) is 0 Å². The fraction of sp³-hybridized carbons (Fsp3) is 0.143. The first-order chi connectivity index (χ1) is 5.65. The number of carbonyl (C=O) groups excluding carboxylic acids is 1. The predicted octanol–water partition coefficient (Wildman–Crippen LogP) is 2.44. The number of hydrogen-bond acceptors (Lipinski definition) is 2. The molecule has 64 valence electrons. The van der Waals surface area contributed by atoms with Crippen molar-refractivity contribution in [1.29, 1.82) is 0 Å². The summed E-state index contributed by atoms with van der Waals surface area (Å²) in [7, 11) is 0. The van der Waals surface area contributed by atoms with Crippen LogP contribution in [0.4, 0.5) is 8.78 Å². The molecular weight excluding hydrogens is 279 g/mol. The third-order valence-electron chi connectivity index (χ3n) is 1.26. The second kappa shape index (κ2) is 3.88. The molecule has 0 N–H and O–H groups in total. The second-order valence-electron chi connectivity index (χ2n) is 2.03. The van der Waals surface area contributed by atoms with Gasteiger partial charge in [0, 0.05) is 5.56 Å². The average Bonchev–Trinajstić information content (AvgIpc) is 2.04. The number of hydrogen-bond donors (Lipinski definition) is 0. The molecule has 0 radical (unpaired) electrons. The van der Waals surface area contributed by atoms with Crippen LogP contribution in [-0.4, -0.2) is 11.3 Å². The number of alkyl halides is 2. The summed E-state index contributed by atoms with van der Waals surface area (Å²) in [5.41, 5.74) is -0.498. The Balaban J connectivity index is 3.21. The van der Waals surface area contributed by atoms with Gasteiger partial charge in [-0.25, -0.2) is 13.8 Å². The smallest absolute Gasteiger partial charge is 0.281 e. The highest BCUT2D eigenvalue weighted by molar-refractivity contribution is 14.1. The van der Waals surface area contributed by atoms with Crippen molar-refractivity contribution in [2.45, 2.75) is 6.43 Å². The molecule has 0 fully saturated rings. The van der Waals surface area contributed by atoms with Crippen LogP contribution < -0.4 is 0 Å². The van der Waals surface area contributed by atoms with Gasteiger partial charge in [0.15, 0.2) is 6.29 Å². The zero-order valence-corrected chi connectivity index (χ0v) is 7.96. The van der Waals surface area contributed by atoms with Crippen molar-refractivity contribution in [3.8, 4) is 0 Å². The minimum Gasteiger partial charge on any atom is -0.298 e. The molecule has 0 aliphatic rings. The third-order valence-corrected chi connectivity index (χ3v) is 1.86. The lowest BCUT2D eigenvalue weighted by atomic mass is 10.2. The van der Waals surface area contributed by atoms with E-state index in [4.69, 9.17) is 0 Å².